The lowest BCUT2D eigenvalue weighted by atomic mass is 10.1. The zero-order valence-corrected chi connectivity index (χ0v) is 17.4. The highest BCUT2D eigenvalue weighted by atomic mass is 79.9. The molecule has 2 aliphatic heterocycles. The third-order valence-corrected chi connectivity index (χ3v) is 5.10. The second-order valence-corrected chi connectivity index (χ2v) is 7.04. The molecule has 0 saturated carbocycles. The topological polar surface area (TPSA) is 61.2 Å². The van der Waals surface area contributed by atoms with Crippen molar-refractivity contribution in [3.8, 4) is 0 Å². The van der Waals surface area contributed by atoms with Crippen molar-refractivity contribution in [1.82, 2.24) is 15.2 Å². The number of benzene rings is 2. The Hall–Kier alpha value is -1.67. The van der Waals surface area contributed by atoms with Crippen molar-refractivity contribution in [2.24, 2.45) is 0 Å². The number of oxazole rings is 1. The number of piperazine rings is 2. The Labute approximate surface area is 170 Å². The molecule has 27 heavy (non-hydrogen) atoms. The molecule has 7 heteroatoms. The van der Waals surface area contributed by atoms with Gasteiger partial charge in [-0.2, -0.15) is 4.98 Å². The number of quaternary nitrogens is 1. The molecule has 2 aliphatic rings. The van der Waals surface area contributed by atoms with Crippen LogP contribution in [0, 0.1) is 0 Å². The molecule has 0 unspecified atom stereocenters. The monoisotopic (exact) mass is 433 g/mol. The molecule has 0 amide bonds. The summed E-state index contributed by atoms with van der Waals surface area (Å²) in [5.74, 6) is 0. The van der Waals surface area contributed by atoms with E-state index >= 15 is 0 Å². The first-order valence-electron chi connectivity index (χ1n) is 9.55. The number of rotatable bonds is 1. The largest absolute Gasteiger partial charge is 1.00 e. The van der Waals surface area contributed by atoms with Crippen molar-refractivity contribution in [3.05, 3.63) is 36.4 Å². The molecule has 0 aliphatic carbocycles. The highest BCUT2D eigenvalue weighted by Gasteiger charge is 2.19. The summed E-state index contributed by atoms with van der Waals surface area (Å²) in [5.41, 5.74) is 1.84. The number of hydrogen-bond donors (Lipinski definition) is 2. The highest BCUT2D eigenvalue weighted by Crippen LogP contribution is 2.28. The lowest BCUT2D eigenvalue weighted by molar-refractivity contribution is -0.657. The van der Waals surface area contributed by atoms with Crippen LogP contribution in [0.1, 0.15) is 0 Å². The fourth-order valence-corrected chi connectivity index (χ4v) is 3.46. The van der Waals surface area contributed by atoms with Gasteiger partial charge in [-0.15, -0.1) is 0 Å². The smallest absolute Gasteiger partial charge is 0.298 e. The third kappa shape index (κ3) is 4.79. The van der Waals surface area contributed by atoms with Gasteiger partial charge in [0.05, 0.1) is 13.1 Å². The van der Waals surface area contributed by atoms with Crippen LogP contribution in [0.5, 0.6) is 0 Å². The van der Waals surface area contributed by atoms with Gasteiger partial charge in [0.15, 0.2) is 5.58 Å². The molecule has 5 rings (SSSR count). The summed E-state index contributed by atoms with van der Waals surface area (Å²) in [7, 11) is 2.15. The maximum absolute atomic E-state index is 5.95. The second kappa shape index (κ2) is 9.50. The molecule has 2 saturated heterocycles. The van der Waals surface area contributed by atoms with Crippen molar-refractivity contribution in [2.75, 3.05) is 64.3 Å². The number of aromatic nitrogens is 1. The number of nitrogens with two attached hydrogens (primary N) is 1. The van der Waals surface area contributed by atoms with Crippen LogP contribution < -0.4 is 32.5 Å². The van der Waals surface area contributed by atoms with Gasteiger partial charge in [-0.3, -0.25) is 0 Å². The molecule has 2 fully saturated rings. The van der Waals surface area contributed by atoms with Crippen LogP contribution in [0.15, 0.2) is 40.8 Å². The molecule has 0 spiro atoms. The normalized spacial score (nSPS) is 18.0. The molecule has 3 N–H and O–H groups in total. The Morgan fingerprint density at radius 1 is 1.00 bits per heavy atom. The van der Waals surface area contributed by atoms with E-state index in [-0.39, 0.29) is 17.0 Å². The van der Waals surface area contributed by atoms with Crippen LogP contribution in [-0.4, -0.2) is 69.3 Å². The minimum Gasteiger partial charge on any atom is -1.00 e. The van der Waals surface area contributed by atoms with Gasteiger partial charge in [0.1, 0.15) is 5.52 Å². The summed E-state index contributed by atoms with van der Waals surface area (Å²) in [6.07, 6.45) is 0. The maximum atomic E-state index is 5.95. The summed E-state index contributed by atoms with van der Waals surface area (Å²) in [6.45, 7) is 8.97. The Kier molecular flexibility index (Phi) is 7.07. The van der Waals surface area contributed by atoms with E-state index in [0.717, 1.165) is 48.7 Å². The van der Waals surface area contributed by atoms with Gasteiger partial charge in [0, 0.05) is 44.7 Å². The fraction of sp³-hybridized carbons (Fsp3) is 0.450. The number of fused-ring (bicyclic) bond motifs is 3. The van der Waals surface area contributed by atoms with Gasteiger partial charge in [-0.1, -0.05) is 30.3 Å². The summed E-state index contributed by atoms with van der Waals surface area (Å²) in [4.78, 5) is 9.29. The van der Waals surface area contributed by atoms with Gasteiger partial charge in [-0.25, -0.2) is 0 Å². The molecule has 1 aromatic heterocycles. The second-order valence-electron chi connectivity index (χ2n) is 7.04. The maximum Gasteiger partial charge on any atom is 0.298 e. The van der Waals surface area contributed by atoms with Crippen molar-refractivity contribution in [2.45, 2.75) is 0 Å². The number of nitrogens with zero attached hydrogens (tertiary/aromatic N) is 3. The first-order chi connectivity index (χ1) is 12.8. The van der Waals surface area contributed by atoms with Gasteiger partial charge in [0.2, 0.25) is 0 Å². The Morgan fingerprint density at radius 3 is 2.41 bits per heavy atom. The molecule has 0 atom stereocenters. The minimum atomic E-state index is 0. The minimum absolute atomic E-state index is 0. The number of halogens is 1. The number of anilines is 1. The third-order valence-electron chi connectivity index (χ3n) is 5.10. The van der Waals surface area contributed by atoms with Crippen LogP contribution >= 0.6 is 0 Å². The zero-order chi connectivity index (χ0) is 17.8. The van der Waals surface area contributed by atoms with E-state index in [1.54, 1.807) is 0 Å². The molecule has 3 heterocycles. The van der Waals surface area contributed by atoms with Gasteiger partial charge in [0.25, 0.3) is 6.01 Å². The standard InChI is InChI=1S/C16H17N3O.C4H10N2.BrH/c1-18-8-10-19(11-9-18)16-17-15-13-5-3-2-4-12(13)6-7-14(15)20-16;1-2-6-4-3-5-1;/h2-7H,8-11H2,1H3;5-6H,1-4H2;1H. The molecule has 6 nitrogen and oxygen atoms in total. The molecule has 146 valence electrons. The number of hydrogen-bond acceptors (Lipinski definition) is 5. The van der Waals surface area contributed by atoms with Crippen LogP contribution in [0.4, 0.5) is 6.01 Å². The molecule has 0 bridgehead atoms. The first-order valence-corrected chi connectivity index (χ1v) is 9.55. The first kappa shape index (κ1) is 20.1. The summed E-state index contributed by atoms with van der Waals surface area (Å²) in [5, 5.41) is 7.95. The zero-order valence-electron chi connectivity index (χ0n) is 15.8. The Bertz CT molecular complexity index is 844. The predicted molar refractivity (Wildman–Crippen MR) is 106 cm³/mol. The lowest BCUT2D eigenvalue weighted by Crippen LogP contribution is -3.00. The van der Waals surface area contributed by atoms with E-state index in [1.807, 2.05) is 12.1 Å². The molecular formula is C20H28BrN5O. The van der Waals surface area contributed by atoms with Crippen LogP contribution in [0.2, 0.25) is 0 Å². The van der Waals surface area contributed by atoms with E-state index in [1.165, 1.54) is 31.6 Å². The summed E-state index contributed by atoms with van der Waals surface area (Å²) < 4.78 is 5.95. The van der Waals surface area contributed by atoms with Crippen LogP contribution in [0.3, 0.4) is 0 Å². The van der Waals surface area contributed by atoms with Crippen molar-refractivity contribution < 1.29 is 26.7 Å². The summed E-state index contributed by atoms with van der Waals surface area (Å²) >= 11 is 0. The van der Waals surface area contributed by atoms with E-state index in [4.69, 9.17) is 9.40 Å². The molecule has 2 aromatic carbocycles. The van der Waals surface area contributed by atoms with E-state index < -0.39 is 0 Å². The highest BCUT2D eigenvalue weighted by molar-refractivity contribution is 6.03. The number of nitrogens with one attached hydrogen (secondary N) is 1. The van der Waals surface area contributed by atoms with Crippen molar-refractivity contribution in [3.63, 3.8) is 0 Å². The summed E-state index contributed by atoms with van der Waals surface area (Å²) in [6, 6.07) is 13.2. The van der Waals surface area contributed by atoms with E-state index in [0.29, 0.717) is 0 Å². The SMILES string of the molecule is C1C[NH2+]CCN1.CN1CCN(c2nc3c(ccc4ccccc43)o2)CC1.[Br-]. The van der Waals surface area contributed by atoms with E-state index in [2.05, 4.69) is 51.7 Å². The number of likely N-dealkylation sites (N-methyl/N-ethyl adjacent to an activating group) is 1. The Morgan fingerprint density at radius 2 is 1.74 bits per heavy atom. The van der Waals surface area contributed by atoms with Gasteiger partial charge < -0.3 is 41.8 Å². The van der Waals surface area contributed by atoms with Gasteiger partial charge in [-0.05, 0) is 18.5 Å². The molecule has 3 aromatic rings. The molecule has 0 radical (unpaired) electrons. The quantitative estimate of drug-likeness (QED) is 0.459. The van der Waals surface area contributed by atoms with Crippen molar-refractivity contribution in [1.29, 1.82) is 0 Å². The Balaban J connectivity index is 0.000000259. The van der Waals surface area contributed by atoms with Gasteiger partial charge >= 0.3 is 0 Å². The van der Waals surface area contributed by atoms with Crippen LogP contribution in [-0.2, 0) is 0 Å². The average Bonchev–Trinajstić information content (AvgIpc) is 3.15. The van der Waals surface area contributed by atoms with E-state index in [9.17, 15) is 0 Å². The van der Waals surface area contributed by atoms with Crippen molar-refractivity contribution >= 4 is 27.9 Å². The average molecular weight is 434 g/mol. The molecular weight excluding hydrogens is 406 g/mol. The lowest BCUT2D eigenvalue weighted by Gasteiger charge is -2.31. The predicted octanol–water partition coefficient (Wildman–Crippen LogP) is -2.11. The van der Waals surface area contributed by atoms with Crippen LogP contribution in [0.25, 0.3) is 21.9 Å². The fourth-order valence-electron chi connectivity index (χ4n) is 3.46.